The van der Waals surface area contributed by atoms with Crippen molar-refractivity contribution in [1.29, 1.82) is 0 Å². The maximum absolute atomic E-state index is 12.1. The van der Waals surface area contributed by atoms with Crippen LogP contribution in [0.15, 0.2) is 11.6 Å². The van der Waals surface area contributed by atoms with Crippen LogP contribution in [-0.4, -0.2) is 49.9 Å². The maximum atomic E-state index is 12.1. The minimum absolute atomic E-state index is 0.000000305. The van der Waals surface area contributed by atoms with E-state index in [-0.39, 0.29) is 23.6 Å². The summed E-state index contributed by atoms with van der Waals surface area (Å²) in [6, 6.07) is 0.117. The number of anilines is 1. The summed E-state index contributed by atoms with van der Waals surface area (Å²) >= 11 is 1.66. The van der Waals surface area contributed by atoms with Gasteiger partial charge < -0.3 is 20.3 Å². The van der Waals surface area contributed by atoms with Gasteiger partial charge in [0.2, 0.25) is 0 Å². The van der Waals surface area contributed by atoms with Crippen molar-refractivity contribution >= 4 is 22.5 Å². The first-order valence-electron chi connectivity index (χ1n) is 8.11. The van der Waals surface area contributed by atoms with E-state index in [1.807, 2.05) is 11.6 Å². The summed E-state index contributed by atoms with van der Waals surface area (Å²) in [6.45, 7) is 8.70. The lowest BCUT2D eigenvalue weighted by atomic mass is 9.89. The van der Waals surface area contributed by atoms with Crippen LogP contribution in [0.3, 0.4) is 0 Å². The lowest BCUT2D eigenvalue weighted by molar-refractivity contribution is 0.0193. The predicted octanol–water partition coefficient (Wildman–Crippen LogP) is 2.47. The summed E-state index contributed by atoms with van der Waals surface area (Å²) in [7, 11) is 1.68. The molecule has 0 aromatic carbocycles. The van der Waals surface area contributed by atoms with Crippen molar-refractivity contribution in [1.82, 2.24) is 15.6 Å². The lowest BCUT2D eigenvalue weighted by Gasteiger charge is -2.33. The topological polar surface area (TPSA) is 66.5 Å². The van der Waals surface area contributed by atoms with Gasteiger partial charge >= 0.3 is 6.03 Å². The fraction of sp³-hybridized carbons (Fsp3) is 0.750. The van der Waals surface area contributed by atoms with Crippen molar-refractivity contribution in [3.63, 3.8) is 0 Å². The average molecular weight is 340 g/mol. The third kappa shape index (κ3) is 5.35. The molecule has 1 aliphatic rings. The highest BCUT2D eigenvalue weighted by atomic mass is 32.1. The number of thiazole rings is 1. The Morgan fingerprint density at radius 1 is 1.48 bits per heavy atom. The van der Waals surface area contributed by atoms with E-state index in [0.29, 0.717) is 6.54 Å². The molecule has 0 bridgehead atoms. The van der Waals surface area contributed by atoms with Crippen LogP contribution >= 0.6 is 11.3 Å². The zero-order valence-electron chi connectivity index (χ0n) is 14.5. The van der Waals surface area contributed by atoms with Gasteiger partial charge in [0.25, 0.3) is 0 Å². The number of ether oxygens (including phenoxy) is 1. The van der Waals surface area contributed by atoms with Gasteiger partial charge in [-0.3, -0.25) is 0 Å². The second kappa shape index (κ2) is 7.97. The highest BCUT2D eigenvalue weighted by molar-refractivity contribution is 7.13. The third-order valence-electron chi connectivity index (χ3n) is 4.22. The summed E-state index contributed by atoms with van der Waals surface area (Å²) in [4.78, 5) is 18.7. The number of hydrogen-bond acceptors (Lipinski definition) is 5. The van der Waals surface area contributed by atoms with E-state index in [0.717, 1.165) is 31.1 Å². The van der Waals surface area contributed by atoms with Gasteiger partial charge in [-0.25, -0.2) is 9.78 Å². The van der Waals surface area contributed by atoms with Crippen molar-refractivity contribution in [2.75, 3.05) is 31.6 Å². The number of methoxy groups -OCH3 is 1. The predicted molar refractivity (Wildman–Crippen MR) is 94.1 cm³/mol. The largest absolute Gasteiger partial charge is 0.379 e. The normalized spacial score (nSPS) is 17.8. The molecule has 0 unspecified atom stereocenters. The molecule has 0 spiro atoms. The highest BCUT2D eigenvalue weighted by Crippen LogP contribution is 2.22. The zero-order chi connectivity index (χ0) is 16.9. The molecule has 6 nitrogen and oxygen atoms in total. The first-order chi connectivity index (χ1) is 10.9. The quantitative estimate of drug-likeness (QED) is 0.864. The maximum Gasteiger partial charge on any atom is 0.315 e. The first kappa shape index (κ1) is 18.0. The number of piperidine rings is 1. The first-order valence-corrected chi connectivity index (χ1v) is 8.99. The van der Waals surface area contributed by atoms with Crippen LogP contribution in [0.5, 0.6) is 0 Å². The molecule has 130 valence electrons. The van der Waals surface area contributed by atoms with Crippen LogP contribution < -0.4 is 15.5 Å². The van der Waals surface area contributed by atoms with Crippen LogP contribution in [0.1, 0.15) is 33.6 Å². The number of carbonyl (C=O) groups excluding carboxylic acids is 1. The van der Waals surface area contributed by atoms with E-state index in [1.54, 1.807) is 18.4 Å². The van der Waals surface area contributed by atoms with E-state index in [2.05, 4.69) is 41.3 Å². The van der Waals surface area contributed by atoms with Gasteiger partial charge in [-0.15, -0.1) is 11.3 Å². The van der Waals surface area contributed by atoms with Crippen molar-refractivity contribution in [3.05, 3.63) is 11.6 Å². The zero-order valence-corrected chi connectivity index (χ0v) is 15.3. The Morgan fingerprint density at radius 2 is 2.17 bits per heavy atom. The molecule has 0 radical (unpaired) electrons. The van der Waals surface area contributed by atoms with Gasteiger partial charge in [0.15, 0.2) is 5.13 Å². The minimum Gasteiger partial charge on any atom is -0.379 e. The molecule has 2 amide bonds. The van der Waals surface area contributed by atoms with Gasteiger partial charge in [0.05, 0.1) is 6.10 Å². The summed E-state index contributed by atoms with van der Waals surface area (Å²) in [5.41, 5.74) is 0.00107. The Balaban J connectivity index is 1.70. The molecule has 1 atom stereocenters. The number of amides is 2. The summed E-state index contributed by atoms with van der Waals surface area (Å²) in [5.74, 6) is 0. The number of urea groups is 1. The molecule has 2 heterocycles. The summed E-state index contributed by atoms with van der Waals surface area (Å²) < 4.78 is 5.46. The van der Waals surface area contributed by atoms with E-state index >= 15 is 0 Å². The SMILES string of the molecule is CO[C@@H](CNC(=O)NC1CCN(c2nccs2)CC1)C(C)(C)C. The smallest absolute Gasteiger partial charge is 0.315 e. The minimum atomic E-state index is -0.107. The van der Waals surface area contributed by atoms with Crippen molar-refractivity contribution in [3.8, 4) is 0 Å². The Morgan fingerprint density at radius 3 is 2.70 bits per heavy atom. The van der Waals surface area contributed by atoms with E-state index < -0.39 is 0 Å². The molecule has 1 saturated heterocycles. The standard InChI is InChI=1S/C16H28N4O2S/c1-16(2,3)13(22-4)11-18-14(21)19-12-5-8-20(9-6-12)15-17-7-10-23-15/h7,10,12-13H,5-6,8-9,11H2,1-4H3,(H2,18,19,21)/t13-/m0/s1. The van der Waals surface area contributed by atoms with E-state index in [1.165, 1.54) is 0 Å². The summed E-state index contributed by atoms with van der Waals surface area (Å²) in [6.07, 6.45) is 3.72. The number of hydrogen-bond donors (Lipinski definition) is 2. The van der Waals surface area contributed by atoms with Gasteiger partial charge in [-0.1, -0.05) is 20.8 Å². The molecule has 7 heteroatoms. The molecule has 0 aliphatic carbocycles. The van der Waals surface area contributed by atoms with Crippen molar-refractivity contribution < 1.29 is 9.53 Å². The molecular weight excluding hydrogens is 312 g/mol. The van der Waals surface area contributed by atoms with Gasteiger partial charge in [0, 0.05) is 44.4 Å². The van der Waals surface area contributed by atoms with Crippen LogP contribution in [0.4, 0.5) is 9.93 Å². The van der Waals surface area contributed by atoms with E-state index in [9.17, 15) is 4.79 Å². The number of nitrogens with one attached hydrogen (secondary N) is 2. The number of carbonyl (C=O) groups is 1. The second-order valence-corrected chi connectivity index (χ2v) is 7.89. The number of aromatic nitrogens is 1. The molecule has 2 rings (SSSR count). The van der Waals surface area contributed by atoms with Crippen LogP contribution in [0.2, 0.25) is 0 Å². The molecule has 0 saturated carbocycles. The average Bonchev–Trinajstić information content (AvgIpc) is 3.01. The number of rotatable bonds is 5. The Labute approximate surface area is 142 Å². The van der Waals surface area contributed by atoms with Crippen LogP contribution in [-0.2, 0) is 4.74 Å². The molecule has 1 aromatic heterocycles. The molecular formula is C16H28N4O2S. The van der Waals surface area contributed by atoms with Gasteiger partial charge in [0.1, 0.15) is 0 Å². The fourth-order valence-corrected chi connectivity index (χ4v) is 3.45. The molecule has 1 fully saturated rings. The lowest BCUT2D eigenvalue weighted by Crippen LogP contribution is -2.50. The molecule has 1 aromatic rings. The fourth-order valence-electron chi connectivity index (χ4n) is 2.75. The molecule has 23 heavy (non-hydrogen) atoms. The second-order valence-electron chi connectivity index (χ2n) is 7.02. The van der Waals surface area contributed by atoms with Crippen molar-refractivity contribution in [2.24, 2.45) is 5.41 Å². The number of nitrogens with zero attached hydrogens (tertiary/aromatic N) is 2. The van der Waals surface area contributed by atoms with Crippen LogP contribution in [0, 0.1) is 5.41 Å². The Hall–Kier alpha value is -1.34. The summed E-state index contributed by atoms with van der Waals surface area (Å²) in [5, 5.41) is 9.06. The van der Waals surface area contributed by atoms with Gasteiger partial charge in [-0.2, -0.15) is 0 Å². The molecule has 1 aliphatic heterocycles. The van der Waals surface area contributed by atoms with Gasteiger partial charge in [-0.05, 0) is 18.3 Å². The monoisotopic (exact) mass is 340 g/mol. The van der Waals surface area contributed by atoms with Crippen molar-refractivity contribution in [2.45, 2.75) is 45.8 Å². The Bertz CT molecular complexity index is 479. The highest BCUT2D eigenvalue weighted by Gasteiger charge is 2.26. The van der Waals surface area contributed by atoms with Crippen LogP contribution in [0.25, 0.3) is 0 Å². The Kier molecular flexibility index (Phi) is 6.24. The van der Waals surface area contributed by atoms with E-state index in [4.69, 9.17) is 4.74 Å². The third-order valence-corrected chi connectivity index (χ3v) is 5.05. The molecule has 2 N–H and O–H groups in total.